The fourth-order valence-electron chi connectivity index (χ4n) is 3.04. The largest absolute Gasteiger partial charge is 0.478 e. The fourth-order valence-corrected chi connectivity index (χ4v) is 3.04. The molecule has 0 bridgehead atoms. The van der Waals surface area contributed by atoms with E-state index in [4.69, 9.17) is 5.11 Å². The van der Waals surface area contributed by atoms with Crippen molar-refractivity contribution in [2.24, 2.45) is 5.92 Å². The number of amides is 2. The van der Waals surface area contributed by atoms with Crippen molar-refractivity contribution in [3.8, 4) is 0 Å². The molecule has 148 valence electrons. The summed E-state index contributed by atoms with van der Waals surface area (Å²) in [5.74, 6) is -1.44. The van der Waals surface area contributed by atoms with Gasteiger partial charge in [-0.25, -0.2) is 4.79 Å². The van der Waals surface area contributed by atoms with E-state index >= 15 is 0 Å². The number of rotatable bonds is 7. The van der Waals surface area contributed by atoms with Gasteiger partial charge in [0.1, 0.15) is 0 Å². The summed E-state index contributed by atoms with van der Waals surface area (Å²) in [5, 5.41) is 15.2. The molecule has 0 radical (unpaired) electrons. The number of benzene rings is 1. The first-order valence-electron chi connectivity index (χ1n) is 9.13. The predicted octanol–water partition coefficient (Wildman–Crippen LogP) is 1.24. The van der Waals surface area contributed by atoms with Gasteiger partial charge in [0.25, 0.3) is 0 Å². The molecule has 0 aromatic heterocycles. The quantitative estimate of drug-likeness (QED) is 0.662. The molecule has 1 aliphatic rings. The Morgan fingerprint density at radius 2 is 1.93 bits per heavy atom. The Bertz CT molecular complexity index is 699. The van der Waals surface area contributed by atoms with Crippen molar-refractivity contribution < 1.29 is 19.5 Å². The second kappa shape index (κ2) is 9.36. The number of carbonyl (C=O) groups excluding carboxylic acids is 2. The number of nitrogens with one attached hydrogen (secondary N) is 2. The minimum atomic E-state index is -1.05. The highest BCUT2D eigenvalue weighted by atomic mass is 16.4. The van der Waals surface area contributed by atoms with E-state index in [1.807, 2.05) is 25.9 Å². The second-order valence-electron chi connectivity index (χ2n) is 6.99. The van der Waals surface area contributed by atoms with E-state index in [1.165, 1.54) is 12.1 Å². The molecule has 0 aliphatic carbocycles. The summed E-state index contributed by atoms with van der Waals surface area (Å²) >= 11 is 0. The maximum absolute atomic E-state index is 12.4. The number of carboxylic acid groups (broad SMARTS) is 1. The molecule has 2 amide bonds. The van der Waals surface area contributed by atoms with Crippen molar-refractivity contribution in [3.63, 3.8) is 0 Å². The number of nitrogens with zero attached hydrogens (tertiary/aromatic N) is 2. The zero-order valence-electron chi connectivity index (χ0n) is 16.1. The van der Waals surface area contributed by atoms with E-state index in [2.05, 4.69) is 10.6 Å². The van der Waals surface area contributed by atoms with Crippen molar-refractivity contribution in [2.75, 3.05) is 50.5 Å². The molecule has 1 aromatic rings. The molecule has 1 unspecified atom stereocenters. The van der Waals surface area contributed by atoms with Gasteiger partial charge >= 0.3 is 5.97 Å². The van der Waals surface area contributed by atoms with Crippen LogP contribution in [0.2, 0.25) is 0 Å². The van der Waals surface area contributed by atoms with Gasteiger partial charge in [-0.05, 0) is 24.6 Å². The van der Waals surface area contributed by atoms with Gasteiger partial charge in [0.2, 0.25) is 11.8 Å². The molecule has 1 atom stereocenters. The van der Waals surface area contributed by atoms with Gasteiger partial charge in [-0.1, -0.05) is 6.92 Å². The molecule has 8 heteroatoms. The zero-order valence-corrected chi connectivity index (χ0v) is 16.1. The van der Waals surface area contributed by atoms with Gasteiger partial charge in [-0.3, -0.25) is 9.59 Å². The first-order valence-corrected chi connectivity index (χ1v) is 9.13. The molecule has 8 nitrogen and oxygen atoms in total. The Labute approximate surface area is 159 Å². The monoisotopic (exact) mass is 376 g/mol. The van der Waals surface area contributed by atoms with Crippen LogP contribution in [-0.2, 0) is 9.59 Å². The van der Waals surface area contributed by atoms with Crippen LogP contribution in [0, 0.1) is 5.92 Å². The van der Waals surface area contributed by atoms with Gasteiger partial charge in [-0.15, -0.1) is 0 Å². The average molecular weight is 376 g/mol. The fraction of sp³-hybridized carbons (Fsp3) is 0.526. The van der Waals surface area contributed by atoms with Gasteiger partial charge in [0.15, 0.2) is 0 Å². The predicted molar refractivity (Wildman–Crippen MR) is 104 cm³/mol. The second-order valence-corrected chi connectivity index (χ2v) is 6.99. The third-order valence-electron chi connectivity index (χ3n) is 4.65. The number of carbonyl (C=O) groups is 3. The highest BCUT2D eigenvalue weighted by molar-refractivity contribution is 5.97. The van der Waals surface area contributed by atoms with E-state index in [-0.39, 0.29) is 29.7 Å². The number of carboxylic acids is 1. The SMILES string of the molecule is CC(CCC(=O)Nc1cc(C(=O)O)ccc1N(C)C)C(=O)N1CCNCC1. The van der Waals surface area contributed by atoms with Crippen molar-refractivity contribution >= 4 is 29.2 Å². The molecular formula is C19H28N4O4. The Balaban J connectivity index is 1.95. The molecule has 1 fully saturated rings. The van der Waals surface area contributed by atoms with E-state index in [9.17, 15) is 14.4 Å². The third-order valence-corrected chi connectivity index (χ3v) is 4.65. The summed E-state index contributed by atoms with van der Waals surface area (Å²) in [5.41, 5.74) is 1.28. The molecule has 2 rings (SSSR count). The molecule has 1 aliphatic heterocycles. The number of hydrogen-bond acceptors (Lipinski definition) is 5. The normalized spacial score (nSPS) is 15.1. The van der Waals surface area contributed by atoms with E-state index in [1.54, 1.807) is 11.0 Å². The Hall–Kier alpha value is -2.61. The first-order chi connectivity index (χ1) is 12.8. The molecule has 27 heavy (non-hydrogen) atoms. The van der Waals surface area contributed by atoms with Crippen LogP contribution in [0.1, 0.15) is 30.1 Å². The highest BCUT2D eigenvalue weighted by Gasteiger charge is 2.22. The maximum atomic E-state index is 12.4. The standard InChI is InChI=1S/C19H28N4O4/c1-13(18(25)23-10-8-20-9-11-23)4-7-17(24)21-15-12-14(19(26)27)5-6-16(15)22(2)3/h5-6,12-13,20H,4,7-11H2,1-3H3,(H,21,24)(H,26,27). The van der Waals surface area contributed by atoms with Crippen molar-refractivity contribution in [3.05, 3.63) is 23.8 Å². The lowest BCUT2D eigenvalue weighted by atomic mass is 10.0. The third kappa shape index (κ3) is 5.68. The lowest BCUT2D eigenvalue weighted by Crippen LogP contribution is -2.48. The summed E-state index contributed by atoms with van der Waals surface area (Å²) in [6.45, 7) is 4.83. The minimum Gasteiger partial charge on any atom is -0.478 e. The van der Waals surface area contributed by atoms with Gasteiger partial charge in [-0.2, -0.15) is 0 Å². The Morgan fingerprint density at radius 3 is 2.52 bits per heavy atom. The van der Waals surface area contributed by atoms with Crippen LogP contribution in [0.15, 0.2) is 18.2 Å². The van der Waals surface area contributed by atoms with Gasteiger partial charge < -0.3 is 25.5 Å². The number of piperazine rings is 1. The Morgan fingerprint density at radius 1 is 1.26 bits per heavy atom. The molecule has 1 aromatic carbocycles. The summed E-state index contributed by atoms with van der Waals surface area (Å²) in [6.07, 6.45) is 0.647. The van der Waals surface area contributed by atoms with Crippen LogP contribution in [0.3, 0.4) is 0 Å². The van der Waals surface area contributed by atoms with Crippen molar-refractivity contribution in [2.45, 2.75) is 19.8 Å². The summed E-state index contributed by atoms with van der Waals surface area (Å²) in [4.78, 5) is 39.6. The highest BCUT2D eigenvalue weighted by Crippen LogP contribution is 2.26. The minimum absolute atomic E-state index is 0.0751. The summed E-state index contributed by atoms with van der Waals surface area (Å²) < 4.78 is 0. The van der Waals surface area contributed by atoms with E-state index in [0.717, 1.165) is 18.8 Å². The smallest absolute Gasteiger partial charge is 0.335 e. The van der Waals surface area contributed by atoms with Crippen LogP contribution < -0.4 is 15.5 Å². The van der Waals surface area contributed by atoms with E-state index < -0.39 is 5.97 Å². The zero-order chi connectivity index (χ0) is 20.0. The topological polar surface area (TPSA) is 102 Å². The average Bonchev–Trinajstić information content (AvgIpc) is 2.65. The molecule has 1 saturated heterocycles. The Kier molecular flexibility index (Phi) is 7.18. The van der Waals surface area contributed by atoms with Gasteiger partial charge in [0, 0.05) is 52.6 Å². The summed E-state index contributed by atoms with van der Waals surface area (Å²) in [7, 11) is 3.64. The van der Waals surface area contributed by atoms with E-state index in [0.29, 0.717) is 25.2 Å². The molecular weight excluding hydrogens is 348 g/mol. The van der Waals surface area contributed by atoms with Gasteiger partial charge in [0.05, 0.1) is 16.9 Å². The molecule has 0 saturated carbocycles. The van der Waals surface area contributed by atoms with Crippen molar-refractivity contribution in [1.82, 2.24) is 10.2 Å². The molecule has 1 heterocycles. The van der Waals surface area contributed by atoms with Crippen LogP contribution in [0.5, 0.6) is 0 Å². The van der Waals surface area contributed by atoms with Crippen LogP contribution >= 0.6 is 0 Å². The van der Waals surface area contributed by atoms with Crippen LogP contribution in [0.25, 0.3) is 0 Å². The maximum Gasteiger partial charge on any atom is 0.335 e. The first kappa shape index (κ1) is 20.7. The molecule has 3 N–H and O–H groups in total. The number of aromatic carboxylic acids is 1. The number of hydrogen-bond donors (Lipinski definition) is 3. The van der Waals surface area contributed by atoms with Crippen molar-refractivity contribution in [1.29, 1.82) is 0 Å². The lowest BCUT2D eigenvalue weighted by molar-refractivity contribution is -0.135. The van der Waals surface area contributed by atoms with Crippen LogP contribution in [-0.4, -0.2) is 68.1 Å². The lowest BCUT2D eigenvalue weighted by Gasteiger charge is -2.29. The molecule has 0 spiro atoms. The van der Waals surface area contributed by atoms with Crippen LogP contribution in [0.4, 0.5) is 11.4 Å². The number of anilines is 2. The summed E-state index contributed by atoms with van der Waals surface area (Å²) in [6, 6.07) is 4.61.